The molecule has 0 spiro atoms. The van der Waals surface area contributed by atoms with Crippen molar-refractivity contribution in [2.24, 2.45) is 0 Å². The van der Waals surface area contributed by atoms with Crippen LogP contribution in [0.5, 0.6) is 0 Å². The molecule has 8 heteroatoms. The van der Waals surface area contributed by atoms with Crippen molar-refractivity contribution in [2.75, 3.05) is 7.05 Å². The standard InChI is InChI=1S/C17H21N3O4S/c1-10-18-15-14(12(9-25-15)17(23)24)16(22)20(10)8-13(21)19(2)11-6-4-3-5-7-11/h9,11H,3-8H2,1-2H3,(H,23,24). The molecule has 0 bridgehead atoms. The lowest BCUT2D eigenvalue weighted by molar-refractivity contribution is -0.133. The average molecular weight is 363 g/mol. The van der Waals surface area contributed by atoms with E-state index < -0.39 is 11.5 Å². The van der Waals surface area contributed by atoms with Crippen LogP contribution in [0, 0.1) is 6.92 Å². The highest BCUT2D eigenvalue weighted by Crippen LogP contribution is 2.23. The van der Waals surface area contributed by atoms with Crippen molar-refractivity contribution in [3.8, 4) is 0 Å². The number of nitrogens with zero attached hydrogens (tertiary/aromatic N) is 3. The fraction of sp³-hybridized carbons (Fsp3) is 0.529. The van der Waals surface area contributed by atoms with E-state index in [0.717, 1.165) is 37.0 Å². The summed E-state index contributed by atoms with van der Waals surface area (Å²) in [6.07, 6.45) is 5.41. The Morgan fingerprint density at radius 3 is 2.68 bits per heavy atom. The highest BCUT2D eigenvalue weighted by Gasteiger charge is 2.24. The molecule has 25 heavy (non-hydrogen) atoms. The Balaban J connectivity index is 1.92. The Kier molecular flexibility index (Phi) is 4.89. The molecule has 1 amide bonds. The van der Waals surface area contributed by atoms with Gasteiger partial charge in [-0.2, -0.15) is 0 Å². The first-order chi connectivity index (χ1) is 11.9. The Morgan fingerprint density at radius 1 is 1.36 bits per heavy atom. The number of aryl methyl sites for hydroxylation is 1. The summed E-state index contributed by atoms with van der Waals surface area (Å²) in [5.74, 6) is -0.891. The van der Waals surface area contributed by atoms with E-state index >= 15 is 0 Å². The van der Waals surface area contributed by atoms with Crippen molar-refractivity contribution in [2.45, 2.75) is 51.6 Å². The molecule has 2 heterocycles. The predicted octanol–water partition coefficient (Wildman–Crippen LogP) is 2.26. The molecule has 1 aliphatic carbocycles. The van der Waals surface area contributed by atoms with Crippen molar-refractivity contribution < 1.29 is 14.7 Å². The van der Waals surface area contributed by atoms with Gasteiger partial charge in [0.25, 0.3) is 5.56 Å². The molecule has 0 atom stereocenters. The maximum atomic E-state index is 12.8. The van der Waals surface area contributed by atoms with Crippen LogP contribution in [0.3, 0.4) is 0 Å². The van der Waals surface area contributed by atoms with E-state index in [1.165, 1.54) is 16.4 Å². The van der Waals surface area contributed by atoms with Crippen LogP contribution in [0.4, 0.5) is 0 Å². The second-order valence-corrected chi connectivity index (χ2v) is 7.34. The molecule has 0 unspecified atom stereocenters. The highest BCUT2D eigenvalue weighted by molar-refractivity contribution is 7.17. The van der Waals surface area contributed by atoms with E-state index in [-0.39, 0.29) is 29.4 Å². The minimum absolute atomic E-state index is 0.0562. The number of aromatic nitrogens is 2. The van der Waals surface area contributed by atoms with Gasteiger partial charge in [-0.3, -0.25) is 14.2 Å². The molecule has 1 saturated carbocycles. The number of carboxylic acid groups (broad SMARTS) is 1. The van der Waals surface area contributed by atoms with Crippen LogP contribution in [0.2, 0.25) is 0 Å². The van der Waals surface area contributed by atoms with Crippen LogP contribution in [0.1, 0.15) is 48.3 Å². The van der Waals surface area contributed by atoms with Crippen molar-refractivity contribution in [1.29, 1.82) is 0 Å². The van der Waals surface area contributed by atoms with Crippen molar-refractivity contribution >= 4 is 33.4 Å². The maximum absolute atomic E-state index is 12.8. The number of rotatable bonds is 4. The largest absolute Gasteiger partial charge is 0.478 e. The molecule has 1 fully saturated rings. The van der Waals surface area contributed by atoms with Gasteiger partial charge < -0.3 is 10.0 Å². The molecular weight excluding hydrogens is 342 g/mol. The third kappa shape index (κ3) is 3.30. The summed E-state index contributed by atoms with van der Waals surface area (Å²) in [7, 11) is 1.78. The zero-order valence-electron chi connectivity index (χ0n) is 14.3. The lowest BCUT2D eigenvalue weighted by Crippen LogP contribution is -2.42. The third-order valence-corrected chi connectivity index (χ3v) is 5.80. The predicted molar refractivity (Wildman–Crippen MR) is 95.2 cm³/mol. The maximum Gasteiger partial charge on any atom is 0.337 e. The van der Waals surface area contributed by atoms with Crippen molar-refractivity contribution in [1.82, 2.24) is 14.5 Å². The average Bonchev–Trinajstić information content (AvgIpc) is 3.02. The molecule has 1 aliphatic rings. The number of carboxylic acids is 1. The number of likely N-dealkylation sites (N-methyl/N-ethyl adjacent to an activating group) is 1. The van der Waals surface area contributed by atoms with Crippen LogP contribution in [0.25, 0.3) is 10.2 Å². The SMILES string of the molecule is Cc1nc2scc(C(=O)O)c2c(=O)n1CC(=O)N(C)C1CCCCC1. The number of fused-ring (bicyclic) bond motifs is 1. The highest BCUT2D eigenvalue weighted by atomic mass is 32.1. The molecule has 0 radical (unpaired) electrons. The Hall–Kier alpha value is -2.22. The quantitative estimate of drug-likeness (QED) is 0.899. The molecule has 1 N–H and O–H groups in total. The summed E-state index contributed by atoms with van der Waals surface area (Å²) in [5.41, 5.74) is -0.522. The normalized spacial score (nSPS) is 15.4. The van der Waals surface area contributed by atoms with Gasteiger partial charge in [0.15, 0.2) is 0 Å². The monoisotopic (exact) mass is 363 g/mol. The van der Waals surface area contributed by atoms with Gasteiger partial charge in [-0.05, 0) is 19.8 Å². The van der Waals surface area contributed by atoms with Crippen LogP contribution >= 0.6 is 11.3 Å². The molecular formula is C17H21N3O4S. The molecule has 0 aromatic carbocycles. The van der Waals surface area contributed by atoms with Crippen molar-refractivity contribution in [3.63, 3.8) is 0 Å². The summed E-state index contributed by atoms with van der Waals surface area (Å²) >= 11 is 1.13. The van der Waals surface area contributed by atoms with Gasteiger partial charge in [0, 0.05) is 18.5 Å². The molecule has 134 valence electrons. The summed E-state index contributed by atoms with van der Waals surface area (Å²) < 4.78 is 1.28. The first-order valence-electron chi connectivity index (χ1n) is 8.37. The first-order valence-corrected chi connectivity index (χ1v) is 9.25. The number of carbonyl (C=O) groups is 2. The number of aromatic carboxylic acids is 1. The van der Waals surface area contributed by atoms with Crippen LogP contribution in [0.15, 0.2) is 10.2 Å². The fourth-order valence-electron chi connectivity index (χ4n) is 3.39. The molecule has 7 nitrogen and oxygen atoms in total. The Labute approximate surface area is 148 Å². The fourth-order valence-corrected chi connectivity index (χ4v) is 4.34. The number of hydrogen-bond acceptors (Lipinski definition) is 5. The van der Waals surface area contributed by atoms with Gasteiger partial charge in [0.05, 0.1) is 10.9 Å². The molecule has 3 rings (SSSR count). The van der Waals surface area contributed by atoms with Crippen LogP contribution in [-0.4, -0.2) is 44.5 Å². The van der Waals surface area contributed by atoms with Gasteiger partial charge in [0.2, 0.25) is 5.91 Å². The van der Waals surface area contributed by atoms with Gasteiger partial charge in [-0.25, -0.2) is 9.78 Å². The van der Waals surface area contributed by atoms with Crippen molar-refractivity contribution in [3.05, 3.63) is 27.1 Å². The number of thiophene rings is 1. The smallest absolute Gasteiger partial charge is 0.337 e. The lowest BCUT2D eigenvalue weighted by Gasteiger charge is -2.31. The van der Waals surface area contributed by atoms with E-state index in [4.69, 9.17) is 0 Å². The van der Waals surface area contributed by atoms with E-state index in [2.05, 4.69) is 4.98 Å². The molecule has 0 aliphatic heterocycles. The Morgan fingerprint density at radius 2 is 2.04 bits per heavy atom. The zero-order valence-corrected chi connectivity index (χ0v) is 15.1. The van der Waals surface area contributed by atoms with E-state index in [1.807, 2.05) is 0 Å². The number of amides is 1. The van der Waals surface area contributed by atoms with Gasteiger partial charge in [0.1, 0.15) is 17.2 Å². The minimum atomic E-state index is -1.16. The second kappa shape index (κ2) is 6.95. The van der Waals surface area contributed by atoms with Crippen LogP contribution < -0.4 is 5.56 Å². The van der Waals surface area contributed by atoms with E-state index in [0.29, 0.717) is 10.7 Å². The molecule has 2 aromatic rings. The number of carbonyl (C=O) groups excluding carboxylic acids is 1. The lowest BCUT2D eigenvalue weighted by atomic mass is 9.94. The first kappa shape index (κ1) is 17.6. The van der Waals surface area contributed by atoms with Crippen LogP contribution in [-0.2, 0) is 11.3 Å². The van der Waals surface area contributed by atoms with E-state index in [1.54, 1.807) is 18.9 Å². The van der Waals surface area contributed by atoms with Gasteiger partial charge in [-0.15, -0.1) is 11.3 Å². The molecule has 2 aromatic heterocycles. The second-order valence-electron chi connectivity index (χ2n) is 6.48. The summed E-state index contributed by atoms with van der Waals surface area (Å²) in [4.78, 5) is 43.1. The summed E-state index contributed by atoms with van der Waals surface area (Å²) in [6, 6.07) is 0.213. The van der Waals surface area contributed by atoms with Gasteiger partial charge >= 0.3 is 5.97 Å². The summed E-state index contributed by atoms with van der Waals surface area (Å²) in [6.45, 7) is 1.55. The van der Waals surface area contributed by atoms with E-state index in [9.17, 15) is 19.5 Å². The Bertz CT molecular complexity index is 880. The topological polar surface area (TPSA) is 92.5 Å². The minimum Gasteiger partial charge on any atom is -0.478 e. The van der Waals surface area contributed by atoms with Gasteiger partial charge in [-0.1, -0.05) is 19.3 Å². The zero-order chi connectivity index (χ0) is 18.1. The molecule has 0 saturated heterocycles. The summed E-state index contributed by atoms with van der Waals surface area (Å²) in [5, 5.41) is 10.7. The number of hydrogen-bond donors (Lipinski definition) is 1. The third-order valence-electron chi connectivity index (χ3n) is 4.92.